The predicted octanol–water partition coefficient (Wildman–Crippen LogP) is 3.47. The number of amides is 1. The van der Waals surface area contributed by atoms with Crippen LogP contribution >= 0.6 is 27.5 Å². The fourth-order valence-corrected chi connectivity index (χ4v) is 2.35. The second kappa shape index (κ2) is 5.38. The molecule has 1 aromatic rings. The van der Waals surface area contributed by atoms with Gasteiger partial charge < -0.3 is 10.1 Å². The molecule has 1 aromatic carbocycles. The Kier molecular flexibility index (Phi) is 4.07. The summed E-state index contributed by atoms with van der Waals surface area (Å²) < 4.78 is 6.28. The first-order chi connectivity index (χ1) is 8.08. The SMILES string of the molecule is CC1CCOC1C(=O)Nc1cc(Br)ccc1Cl. The lowest BCUT2D eigenvalue weighted by atomic mass is 10.0. The van der Waals surface area contributed by atoms with Gasteiger partial charge in [0.05, 0.1) is 10.7 Å². The monoisotopic (exact) mass is 317 g/mol. The Morgan fingerprint density at radius 3 is 3.00 bits per heavy atom. The van der Waals surface area contributed by atoms with Crippen molar-refractivity contribution in [1.82, 2.24) is 0 Å². The molecule has 1 N–H and O–H groups in total. The van der Waals surface area contributed by atoms with Crippen molar-refractivity contribution in [3.63, 3.8) is 0 Å². The summed E-state index contributed by atoms with van der Waals surface area (Å²) in [5, 5.41) is 3.32. The number of benzene rings is 1. The van der Waals surface area contributed by atoms with Crippen LogP contribution in [0.2, 0.25) is 5.02 Å². The number of rotatable bonds is 2. The van der Waals surface area contributed by atoms with E-state index in [1.807, 2.05) is 13.0 Å². The largest absolute Gasteiger partial charge is 0.368 e. The third-order valence-corrected chi connectivity index (χ3v) is 3.65. The van der Waals surface area contributed by atoms with Gasteiger partial charge in [-0.25, -0.2) is 0 Å². The molecule has 1 aliphatic rings. The standard InChI is InChI=1S/C12H13BrClNO2/c1-7-4-5-17-11(7)12(16)15-10-6-8(13)2-3-9(10)14/h2-3,6-7,11H,4-5H2,1H3,(H,15,16). The molecule has 3 nitrogen and oxygen atoms in total. The van der Waals surface area contributed by atoms with Gasteiger partial charge in [-0.2, -0.15) is 0 Å². The van der Waals surface area contributed by atoms with Crippen molar-refractivity contribution < 1.29 is 9.53 Å². The molecule has 5 heteroatoms. The van der Waals surface area contributed by atoms with E-state index in [4.69, 9.17) is 16.3 Å². The van der Waals surface area contributed by atoms with E-state index in [0.717, 1.165) is 10.9 Å². The second-order valence-electron chi connectivity index (χ2n) is 4.17. The van der Waals surface area contributed by atoms with Crippen LogP contribution in [0.15, 0.2) is 22.7 Å². The van der Waals surface area contributed by atoms with Gasteiger partial charge in [0.25, 0.3) is 5.91 Å². The summed E-state index contributed by atoms with van der Waals surface area (Å²) in [7, 11) is 0. The Bertz CT molecular complexity index is 439. The van der Waals surface area contributed by atoms with Gasteiger partial charge in [0, 0.05) is 11.1 Å². The Morgan fingerprint density at radius 1 is 1.59 bits per heavy atom. The number of carbonyl (C=O) groups excluding carboxylic acids is 1. The minimum absolute atomic E-state index is 0.130. The number of carbonyl (C=O) groups is 1. The van der Waals surface area contributed by atoms with E-state index >= 15 is 0 Å². The molecule has 2 unspecified atom stereocenters. The highest BCUT2D eigenvalue weighted by atomic mass is 79.9. The molecular formula is C12H13BrClNO2. The summed E-state index contributed by atoms with van der Waals surface area (Å²) in [6.07, 6.45) is 0.551. The Hall–Kier alpha value is -0.580. The Balaban J connectivity index is 2.10. The van der Waals surface area contributed by atoms with Crippen molar-refractivity contribution in [1.29, 1.82) is 0 Å². The van der Waals surface area contributed by atoms with Gasteiger partial charge in [0.1, 0.15) is 6.10 Å². The summed E-state index contributed by atoms with van der Waals surface area (Å²) in [6, 6.07) is 5.34. The van der Waals surface area contributed by atoms with Crippen LogP contribution in [0, 0.1) is 5.92 Å². The highest BCUT2D eigenvalue weighted by molar-refractivity contribution is 9.10. The fraction of sp³-hybridized carbons (Fsp3) is 0.417. The lowest BCUT2D eigenvalue weighted by Gasteiger charge is -2.15. The van der Waals surface area contributed by atoms with Crippen LogP contribution in [0.3, 0.4) is 0 Å². The zero-order chi connectivity index (χ0) is 12.4. The fourth-order valence-electron chi connectivity index (χ4n) is 1.83. The third-order valence-electron chi connectivity index (χ3n) is 2.83. The predicted molar refractivity (Wildman–Crippen MR) is 71.3 cm³/mol. The van der Waals surface area contributed by atoms with Gasteiger partial charge in [-0.05, 0) is 30.5 Å². The van der Waals surface area contributed by atoms with Crippen molar-refractivity contribution in [3.8, 4) is 0 Å². The maximum Gasteiger partial charge on any atom is 0.253 e. The maximum absolute atomic E-state index is 12.0. The van der Waals surface area contributed by atoms with Gasteiger partial charge in [-0.3, -0.25) is 4.79 Å². The van der Waals surface area contributed by atoms with E-state index in [2.05, 4.69) is 21.2 Å². The molecule has 2 rings (SSSR count). The molecule has 0 aliphatic carbocycles. The zero-order valence-electron chi connectivity index (χ0n) is 9.37. The zero-order valence-corrected chi connectivity index (χ0v) is 11.7. The molecule has 17 heavy (non-hydrogen) atoms. The molecule has 1 fully saturated rings. The number of hydrogen-bond acceptors (Lipinski definition) is 2. The summed E-state index contributed by atoms with van der Waals surface area (Å²) in [4.78, 5) is 12.0. The minimum atomic E-state index is -0.370. The highest BCUT2D eigenvalue weighted by Gasteiger charge is 2.31. The smallest absolute Gasteiger partial charge is 0.253 e. The number of ether oxygens (including phenoxy) is 1. The lowest BCUT2D eigenvalue weighted by molar-refractivity contribution is -0.126. The normalized spacial score (nSPS) is 23.7. The molecule has 1 aliphatic heterocycles. The Morgan fingerprint density at radius 2 is 2.35 bits per heavy atom. The van der Waals surface area contributed by atoms with E-state index in [1.54, 1.807) is 12.1 Å². The molecule has 92 valence electrons. The van der Waals surface area contributed by atoms with Gasteiger partial charge in [-0.15, -0.1) is 0 Å². The topological polar surface area (TPSA) is 38.3 Å². The minimum Gasteiger partial charge on any atom is -0.368 e. The van der Waals surface area contributed by atoms with Crippen LogP contribution < -0.4 is 5.32 Å². The first-order valence-electron chi connectivity index (χ1n) is 5.45. The molecule has 0 saturated carbocycles. The molecule has 0 spiro atoms. The molecule has 0 radical (unpaired) electrons. The van der Waals surface area contributed by atoms with E-state index in [-0.39, 0.29) is 17.9 Å². The van der Waals surface area contributed by atoms with E-state index < -0.39 is 0 Å². The van der Waals surface area contributed by atoms with Crippen LogP contribution in [0.25, 0.3) is 0 Å². The first kappa shape index (κ1) is 12.9. The summed E-state index contributed by atoms with van der Waals surface area (Å²) >= 11 is 9.35. The van der Waals surface area contributed by atoms with Crippen molar-refractivity contribution in [2.45, 2.75) is 19.4 Å². The molecule has 2 atom stereocenters. The lowest BCUT2D eigenvalue weighted by Crippen LogP contribution is -2.31. The second-order valence-corrected chi connectivity index (χ2v) is 5.49. The average molecular weight is 319 g/mol. The molecule has 0 bridgehead atoms. The van der Waals surface area contributed by atoms with Crippen LogP contribution in [-0.4, -0.2) is 18.6 Å². The van der Waals surface area contributed by atoms with Gasteiger partial charge in [0.2, 0.25) is 0 Å². The molecule has 1 heterocycles. The van der Waals surface area contributed by atoms with Crippen LogP contribution in [0.4, 0.5) is 5.69 Å². The van der Waals surface area contributed by atoms with Gasteiger partial charge in [0.15, 0.2) is 0 Å². The average Bonchev–Trinajstić information content (AvgIpc) is 2.70. The molecular weight excluding hydrogens is 305 g/mol. The first-order valence-corrected chi connectivity index (χ1v) is 6.62. The molecule has 0 aromatic heterocycles. The summed E-state index contributed by atoms with van der Waals surface area (Å²) in [5.41, 5.74) is 0.605. The quantitative estimate of drug-likeness (QED) is 0.907. The van der Waals surface area contributed by atoms with Crippen molar-refractivity contribution >= 4 is 39.1 Å². The summed E-state index contributed by atoms with van der Waals surface area (Å²) in [6.45, 7) is 2.66. The molecule has 1 amide bonds. The van der Waals surface area contributed by atoms with Crippen LogP contribution in [0.1, 0.15) is 13.3 Å². The number of anilines is 1. The molecule has 1 saturated heterocycles. The van der Waals surface area contributed by atoms with Crippen LogP contribution in [-0.2, 0) is 9.53 Å². The van der Waals surface area contributed by atoms with E-state index in [0.29, 0.717) is 17.3 Å². The summed E-state index contributed by atoms with van der Waals surface area (Å²) in [5.74, 6) is 0.121. The maximum atomic E-state index is 12.0. The van der Waals surface area contributed by atoms with E-state index in [1.165, 1.54) is 0 Å². The number of nitrogens with one attached hydrogen (secondary N) is 1. The highest BCUT2D eigenvalue weighted by Crippen LogP contribution is 2.27. The third kappa shape index (κ3) is 3.00. The van der Waals surface area contributed by atoms with Crippen molar-refractivity contribution in [2.24, 2.45) is 5.92 Å². The van der Waals surface area contributed by atoms with Crippen molar-refractivity contribution in [3.05, 3.63) is 27.7 Å². The van der Waals surface area contributed by atoms with E-state index in [9.17, 15) is 4.79 Å². The van der Waals surface area contributed by atoms with Gasteiger partial charge in [-0.1, -0.05) is 34.5 Å². The van der Waals surface area contributed by atoms with Gasteiger partial charge >= 0.3 is 0 Å². The number of halogens is 2. The van der Waals surface area contributed by atoms with Crippen LogP contribution in [0.5, 0.6) is 0 Å². The van der Waals surface area contributed by atoms with Crippen molar-refractivity contribution in [2.75, 3.05) is 11.9 Å². The number of hydrogen-bond donors (Lipinski definition) is 1. The Labute approximate surface area is 114 Å².